The summed E-state index contributed by atoms with van der Waals surface area (Å²) in [5, 5.41) is 6.58. The SMILES string of the molecule is CCNC(=NCc1cccc(F)c1)NC1CC1C.I. The first-order valence-corrected chi connectivity index (χ1v) is 6.48. The minimum Gasteiger partial charge on any atom is -0.357 e. The molecule has 2 rings (SSSR count). The number of aliphatic imine (C=N–C) groups is 1. The number of benzene rings is 1. The third kappa shape index (κ3) is 5.34. The second-order valence-corrected chi connectivity index (χ2v) is 4.79. The summed E-state index contributed by atoms with van der Waals surface area (Å²) in [6.45, 7) is 5.58. The van der Waals surface area contributed by atoms with Crippen LogP contribution < -0.4 is 10.6 Å². The largest absolute Gasteiger partial charge is 0.357 e. The number of halogens is 2. The van der Waals surface area contributed by atoms with Gasteiger partial charge in [0.15, 0.2) is 5.96 Å². The van der Waals surface area contributed by atoms with E-state index in [9.17, 15) is 4.39 Å². The summed E-state index contributed by atoms with van der Waals surface area (Å²) in [7, 11) is 0. The Bertz CT molecular complexity index is 436. The lowest BCUT2D eigenvalue weighted by molar-refractivity contribution is 0.625. The summed E-state index contributed by atoms with van der Waals surface area (Å²) in [4.78, 5) is 4.47. The first-order chi connectivity index (χ1) is 8.69. The molecule has 1 aromatic rings. The lowest BCUT2D eigenvalue weighted by atomic mass is 10.2. The van der Waals surface area contributed by atoms with E-state index in [2.05, 4.69) is 22.5 Å². The van der Waals surface area contributed by atoms with E-state index in [4.69, 9.17) is 0 Å². The van der Waals surface area contributed by atoms with Gasteiger partial charge in [0.25, 0.3) is 0 Å². The minimum absolute atomic E-state index is 0. The molecule has 1 saturated carbocycles. The van der Waals surface area contributed by atoms with Gasteiger partial charge in [-0.3, -0.25) is 0 Å². The zero-order chi connectivity index (χ0) is 13.0. The molecule has 0 heterocycles. The molecule has 1 aliphatic carbocycles. The Balaban J connectivity index is 0.00000180. The zero-order valence-corrected chi connectivity index (χ0v) is 13.6. The molecule has 1 aliphatic rings. The van der Waals surface area contributed by atoms with Crippen molar-refractivity contribution in [2.24, 2.45) is 10.9 Å². The molecule has 0 spiro atoms. The third-order valence-corrected chi connectivity index (χ3v) is 3.08. The van der Waals surface area contributed by atoms with Crippen LogP contribution in [0.2, 0.25) is 0 Å². The number of nitrogens with zero attached hydrogens (tertiary/aromatic N) is 1. The van der Waals surface area contributed by atoms with Crippen molar-refractivity contribution < 1.29 is 4.39 Å². The van der Waals surface area contributed by atoms with Gasteiger partial charge in [0.05, 0.1) is 6.54 Å². The molecule has 0 aromatic heterocycles. The van der Waals surface area contributed by atoms with Crippen molar-refractivity contribution in [2.75, 3.05) is 6.54 Å². The molecule has 0 aliphatic heterocycles. The number of nitrogens with one attached hydrogen (secondary N) is 2. The van der Waals surface area contributed by atoms with Gasteiger partial charge in [-0.15, -0.1) is 24.0 Å². The van der Waals surface area contributed by atoms with Gasteiger partial charge in [-0.05, 0) is 37.0 Å². The summed E-state index contributed by atoms with van der Waals surface area (Å²) in [5.74, 6) is 1.33. The standard InChI is InChI=1S/C14H20FN3.HI/c1-3-16-14(18-13-7-10(13)2)17-9-11-5-4-6-12(15)8-11;/h4-6,8,10,13H,3,7,9H2,1-2H3,(H2,16,17,18);1H. The van der Waals surface area contributed by atoms with Crippen molar-refractivity contribution in [3.63, 3.8) is 0 Å². The van der Waals surface area contributed by atoms with Crippen molar-refractivity contribution in [1.29, 1.82) is 0 Å². The van der Waals surface area contributed by atoms with E-state index in [-0.39, 0.29) is 29.8 Å². The van der Waals surface area contributed by atoms with E-state index < -0.39 is 0 Å². The fourth-order valence-corrected chi connectivity index (χ4v) is 1.82. The molecule has 5 heteroatoms. The average Bonchev–Trinajstić information content (AvgIpc) is 3.02. The van der Waals surface area contributed by atoms with Crippen LogP contribution in [0.5, 0.6) is 0 Å². The van der Waals surface area contributed by atoms with Crippen molar-refractivity contribution in [1.82, 2.24) is 10.6 Å². The van der Waals surface area contributed by atoms with Crippen molar-refractivity contribution in [2.45, 2.75) is 32.9 Å². The fraction of sp³-hybridized carbons (Fsp3) is 0.500. The Kier molecular flexibility index (Phi) is 6.54. The number of rotatable bonds is 4. The maximum absolute atomic E-state index is 13.0. The van der Waals surface area contributed by atoms with Gasteiger partial charge in [0, 0.05) is 12.6 Å². The molecular formula is C14H21FIN3. The van der Waals surface area contributed by atoms with Crippen molar-refractivity contribution in [3.05, 3.63) is 35.6 Å². The second-order valence-electron chi connectivity index (χ2n) is 4.79. The normalized spacial score (nSPS) is 21.5. The summed E-state index contributed by atoms with van der Waals surface area (Å²) < 4.78 is 13.0. The van der Waals surface area contributed by atoms with Gasteiger partial charge in [-0.25, -0.2) is 9.38 Å². The smallest absolute Gasteiger partial charge is 0.191 e. The Morgan fingerprint density at radius 2 is 2.21 bits per heavy atom. The van der Waals surface area contributed by atoms with Crippen LogP contribution in [0.1, 0.15) is 25.8 Å². The van der Waals surface area contributed by atoms with E-state index in [0.717, 1.165) is 24.0 Å². The topological polar surface area (TPSA) is 36.4 Å². The number of hydrogen-bond donors (Lipinski definition) is 2. The predicted molar refractivity (Wildman–Crippen MR) is 87.3 cm³/mol. The summed E-state index contributed by atoms with van der Waals surface area (Å²) in [6.07, 6.45) is 1.20. The van der Waals surface area contributed by atoms with Gasteiger partial charge < -0.3 is 10.6 Å². The molecule has 0 amide bonds. The monoisotopic (exact) mass is 377 g/mol. The van der Waals surface area contributed by atoms with Gasteiger partial charge >= 0.3 is 0 Å². The molecule has 0 radical (unpaired) electrons. The lowest BCUT2D eigenvalue weighted by Crippen LogP contribution is -2.39. The van der Waals surface area contributed by atoms with Gasteiger partial charge in [0.2, 0.25) is 0 Å². The van der Waals surface area contributed by atoms with E-state index in [1.165, 1.54) is 18.6 Å². The average molecular weight is 377 g/mol. The Morgan fingerprint density at radius 1 is 1.47 bits per heavy atom. The molecule has 0 bridgehead atoms. The maximum atomic E-state index is 13.0. The summed E-state index contributed by atoms with van der Waals surface area (Å²) in [5.41, 5.74) is 0.885. The van der Waals surface area contributed by atoms with Crippen LogP contribution in [-0.2, 0) is 6.54 Å². The molecule has 1 fully saturated rings. The maximum Gasteiger partial charge on any atom is 0.191 e. The molecule has 1 aromatic carbocycles. The molecule has 106 valence electrons. The predicted octanol–water partition coefficient (Wildman–Crippen LogP) is 2.91. The molecule has 19 heavy (non-hydrogen) atoms. The van der Waals surface area contributed by atoms with Crippen LogP contribution in [0, 0.1) is 11.7 Å². The Hall–Kier alpha value is -0.850. The molecule has 3 nitrogen and oxygen atoms in total. The Labute approximate surface area is 131 Å². The van der Waals surface area contributed by atoms with Gasteiger partial charge in [0.1, 0.15) is 5.82 Å². The zero-order valence-electron chi connectivity index (χ0n) is 11.3. The van der Waals surface area contributed by atoms with E-state index in [1.807, 2.05) is 13.0 Å². The van der Waals surface area contributed by atoms with Gasteiger partial charge in [-0.1, -0.05) is 19.1 Å². The van der Waals surface area contributed by atoms with E-state index in [0.29, 0.717) is 12.6 Å². The summed E-state index contributed by atoms with van der Waals surface area (Å²) >= 11 is 0. The first kappa shape index (κ1) is 16.2. The van der Waals surface area contributed by atoms with Crippen LogP contribution in [0.15, 0.2) is 29.3 Å². The molecule has 2 unspecified atom stereocenters. The van der Waals surface area contributed by atoms with Crippen LogP contribution >= 0.6 is 24.0 Å². The molecular weight excluding hydrogens is 356 g/mol. The first-order valence-electron chi connectivity index (χ1n) is 6.48. The van der Waals surface area contributed by atoms with Crippen LogP contribution in [0.4, 0.5) is 4.39 Å². The lowest BCUT2D eigenvalue weighted by Gasteiger charge is -2.10. The molecule has 2 N–H and O–H groups in total. The quantitative estimate of drug-likeness (QED) is 0.481. The molecule has 2 atom stereocenters. The molecule has 0 saturated heterocycles. The van der Waals surface area contributed by atoms with E-state index >= 15 is 0 Å². The number of guanidine groups is 1. The highest BCUT2D eigenvalue weighted by Gasteiger charge is 2.33. The summed E-state index contributed by atoms with van der Waals surface area (Å²) in [6, 6.07) is 7.10. The van der Waals surface area contributed by atoms with Crippen LogP contribution in [0.3, 0.4) is 0 Å². The number of hydrogen-bond acceptors (Lipinski definition) is 1. The van der Waals surface area contributed by atoms with Crippen LogP contribution in [-0.4, -0.2) is 18.5 Å². The highest BCUT2D eigenvalue weighted by Crippen LogP contribution is 2.28. The second kappa shape index (κ2) is 7.67. The van der Waals surface area contributed by atoms with Gasteiger partial charge in [-0.2, -0.15) is 0 Å². The highest BCUT2D eigenvalue weighted by molar-refractivity contribution is 14.0. The highest BCUT2D eigenvalue weighted by atomic mass is 127. The third-order valence-electron chi connectivity index (χ3n) is 3.08. The minimum atomic E-state index is -0.212. The van der Waals surface area contributed by atoms with Crippen molar-refractivity contribution in [3.8, 4) is 0 Å². The van der Waals surface area contributed by atoms with E-state index in [1.54, 1.807) is 6.07 Å². The van der Waals surface area contributed by atoms with Crippen molar-refractivity contribution >= 4 is 29.9 Å². The Morgan fingerprint density at radius 3 is 2.79 bits per heavy atom. The fourth-order valence-electron chi connectivity index (χ4n) is 1.82. The van der Waals surface area contributed by atoms with Crippen LogP contribution in [0.25, 0.3) is 0 Å².